The lowest BCUT2D eigenvalue weighted by molar-refractivity contribution is -0.145. The van der Waals surface area contributed by atoms with Crippen molar-refractivity contribution in [1.82, 2.24) is 15.2 Å². The predicted molar refractivity (Wildman–Crippen MR) is 136 cm³/mol. The van der Waals surface area contributed by atoms with E-state index in [1.807, 2.05) is 0 Å². The minimum absolute atomic E-state index is 0.00809. The number of nitrogens with one attached hydrogen (secondary N) is 1. The van der Waals surface area contributed by atoms with Gasteiger partial charge in [0.05, 0.1) is 31.2 Å². The van der Waals surface area contributed by atoms with Gasteiger partial charge in [-0.3, -0.25) is 9.78 Å². The number of hydrogen-bond acceptors (Lipinski definition) is 8. The van der Waals surface area contributed by atoms with Gasteiger partial charge >= 0.3 is 12.1 Å². The molecule has 1 atom stereocenters. The summed E-state index contributed by atoms with van der Waals surface area (Å²) < 4.78 is 53.5. The lowest BCUT2D eigenvalue weighted by atomic mass is 9.92. The number of fused-ring (bicyclic) bond motifs is 1. The third kappa shape index (κ3) is 5.85. The van der Waals surface area contributed by atoms with Gasteiger partial charge in [0, 0.05) is 30.2 Å². The molecule has 0 saturated carbocycles. The zero-order valence-electron chi connectivity index (χ0n) is 20.8. The molecule has 4 rings (SSSR count). The summed E-state index contributed by atoms with van der Waals surface area (Å²) >= 11 is 0.949. The van der Waals surface area contributed by atoms with Crippen molar-refractivity contribution in [2.75, 3.05) is 7.11 Å². The molecule has 0 saturated heterocycles. The van der Waals surface area contributed by atoms with Crippen molar-refractivity contribution in [3.05, 3.63) is 82.3 Å². The molecular formula is C26H25F3N4O4S. The van der Waals surface area contributed by atoms with E-state index in [2.05, 4.69) is 15.3 Å². The van der Waals surface area contributed by atoms with E-state index in [-0.39, 0.29) is 29.8 Å². The number of amides is 1. The summed E-state index contributed by atoms with van der Waals surface area (Å²) in [5.74, 6) is -1.23. The number of aromatic nitrogens is 1. The zero-order chi connectivity index (χ0) is 27.4. The van der Waals surface area contributed by atoms with Crippen LogP contribution < -0.4 is 10.1 Å². The van der Waals surface area contributed by atoms with Crippen LogP contribution in [0.3, 0.4) is 0 Å². The highest BCUT2D eigenvalue weighted by Crippen LogP contribution is 2.49. The maximum atomic E-state index is 14.3. The first-order valence-corrected chi connectivity index (χ1v) is 12.5. The molecule has 1 aromatic heterocycles. The topological polar surface area (TPSA) is 93.1 Å². The molecule has 0 radical (unpaired) electrons. The molecule has 200 valence electrons. The number of rotatable bonds is 8. The van der Waals surface area contributed by atoms with E-state index in [1.165, 1.54) is 12.0 Å². The maximum absolute atomic E-state index is 14.3. The molecule has 0 spiro atoms. The Hall–Kier alpha value is -3.80. The number of benzene rings is 1. The first kappa shape index (κ1) is 27.2. The Morgan fingerprint density at radius 1 is 1.16 bits per heavy atom. The summed E-state index contributed by atoms with van der Waals surface area (Å²) in [6.45, 7) is 3.35. The Balaban J connectivity index is 1.75. The normalized spacial score (nSPS) is 17.1. The van der Waals surface area contributed by atoms with Crippen molar-refractivity contribution in [3.63, 3.8) is 0 Å². The van der Waals surface area contributed by atoms with E-state index in [9.17, 15) is 22.8 Å². The third-order valence-corrected chi connectivity index (χ3v) is 6.54. The summed E-state index contributed by atoms with van der Waals surface area (Å²) in [5, 5.41) is 4.36. The number of esters is 1. The van der Waals surface area contributed by atoms with Crippen LogP contribution >= 0.6 is 11.8 Å². The van der Waals surface area contributed by atoms with Crippen LogP contribution in [0, 0.1) is 0 Å². The number of carbonyl (C=O) groups excluding carboxylic acids is 2. The lowest BCUT2D eigenvalue weighted by Gasteiger charge is -2.37. The number of pyridine rings is 1. The molecule has 2 aromatic rings. The Morgan fingerprint density at radius 2 is 1.87 bits per heavy atom. The van der Waals surface area contributed by atoms with Crippen molar-refractivity contribution in [2.45, 2.75) is 45.1 Å². The number of halogens is 3. The summed E-state index contributed by atoms with van der Waals surface area (Å²) in [6.07, 6.45) is -2.55. The lowest BCUT2D eigenvalue weighted by Crippen LogP contribution is -2.40. The quantitative estimate of drug-likeness (QED) is 0.473. The molecule has 2 aliphatic rings. The second kappa shape index (κ2) is 11.3. The third-order valence-electron chi connectivity index (χ3n) is 5.66. The Bertz CT molecular complexity index is 1310. The largest absolute Gasteiger partial charge is 0.496 e. The van der Waals surface area contributed by atoms with Gasteiger partial charge in [-0.05, 0) is 43.0 Å². The molecule has 12 heteroatoms. The van der Waals surface area contributed by atoms with Crippen molar-refractivity contribution < 1.29 is 32.2 Å². The second-order valence-electron chi connectivity index (χ2n) is 8.66. The number of para-hydroxylation sites is 1. The van der Waals surface area contributed by atoms with Crippen molar-refractivity contribution >= 4 is 28.8 Å². The van der Waals surface area contributed by atoms with Crippen LogP contribution in [0.15, 0.2) is 76.2 Å². The molecule has 1 aromatic carbocycles. The fourth-order valence-corrected chi connectivity index (χ4v) is 4.99. The number of nitrogens with zero attached hydrogens (tertiary/aromatic N) is 3. The highest BCUT2D eigenvalue weighted by molar-refractivity contribution is 8.16. The van der Waals surface area contributed by atoms with Gasteiger partial charge in [0.15, 0.2) is 10.9 Å². The molecule has 1 N–H and O–H groups in total. The number of ether oxygens (including phenoxy) is 2. The van der Waals surface area contributed by atoms with Gasteiger partial charge in [-0.1, -0.05) is 30.0 Å². The molecule has 1 unspecified atom stereocenters. The Kier molecular flexibility index (Phi) is 8.10. The van der Waals surface area contributed by atoms with Gasteiger partial charge in [-0.15, -0.1) is 0 Å². The van der Waals surface area contributed by atoms with E-state index in [0.29, 0.717) is 11.3 Å². The van der Waals surface area contributed by atoms with Crippen LogP contribution in [0.4, 0.5) is 13.2 Å². The summed E-state index contributed by atoms with van der Waals surface area (Å²) in [7, 11) is 1.39. The van der Waals surface area contributed by atoms with Crippen LogP contribution in [0.1, 0.15) is 37.4 Å². The fourth-order valence-electron chi connectivity index (χ4n) is 4.07. The standard InChI is InChI=1S/C26H25F3N4O4S/c1-15(2)37-24(35)21-22(18-6-4-5-7-19(18)36-3)33-17(14-38-25(33)32-23(21)26(27,28)29)12-20(34)31-13-16-8-10-30-11-9-16/h4-11,14-15,22H,12-13H2,1-3H3,(H,31,34). The van der Waals surface area contributed by atoms with Crippen LogP contribution in [-0.2, 0) is 20.9 Å². The molecule has 0 fully saturated rings. The zero-order valence-corrected chi connectivity index (χ0v) is 21.6. The van der Waals surface area contributed by atoms with Crippen LogP contribution in [0.2, 0.25) is 0 Å². The Labute approximate surface area is 221 Å². The van der Waals surface area contributed by atoms with Crippen molar-refractivity contribution in [2.24, 2.45) is 4.99 Å². The molecule has 0 bridgehead atoms. The van der Waals surface area contributed by atoms with Crippen LogP contribution in [0.25, 0.3) is 0 Å². The Morgan fingerprint density at radius 3 is 2.53 bits per heavy atom. The molecular weight excluding hydrogens is 521 g/mol. The number of alkyl halides is 3. The van der Waals surface area contributed by atoms with E-state index in [4.69, 9.17) is 9.47 Å². The van der Waals surface area contributed by atoms with E-state index >= 15 is 0 Å². The number of carbonyl (C=O) groups is 2. The molecule has 3 heterocycles. The monoisotopic (exact) mass is 546 g/mol. The van der Waals surface area contributed by atoms with Gasteiger partial charge in [0.2, 0.25) is 5.91 Å². The first-order valence-electron chi connectivity index (χ1n) is 11.6. The number of aliphatic imine (C=N–C) groups is 1. The summed E-state index contributed by atoms with van der Waals surface area (Å²) in [4.78, 5) is 35.3. The number of methoxy groups -OCH3 is 1. The summed E-state index contributed by atoms with van der Waals surface area (Å²) in [6, 6.07) is 8.69. The summed E-state index contributed by atoms with van der Waals surface area (Å²) in [5.41, 5.74) is -0.496. The number of allylic oxidation sites excluding steroid dienone is 1. The maximum Gasteiger partial charge on any atom is 0.434 e. The average molecular weight is 547 g/mol. The predicted octanol–water partition coefficient (Wildman–Crippen LogP) is 4.87. The fraction of sp³-hybridized carbons (Fsp3) is 0.308. The van der Waals surface area contributed by atoms with Gasteiger partial charge in [0.1, 0.15) is 5.75 Å². The number of hydrogen-bond donors (Lipinski definition) is 1. The highest BCUT2D eigenvalue weighted by Gasteiger charge is 2.50. The van der Waals surface area contributed by atoms with Crippen molar-refractivity contribution in [1.29, 1.82) is 0 Å². The number of thioether (sulfide) groups is 1. The number of amidine groups is 1. The van der Waals surface area contributed by atoms with Crippen molar-refractivity contribution in [3.8, 4) is 5.75 Å². The van der Waals surface area contributed by atoms with Gasteiger partial charge < -0.3 is 19.7 Å². The van der Waals surface area contributed by atoms with Crippen LogP contribution in [-0.4, -0.2) is 46.3 Å². The second-order valence-corrected chi connectivity index (χ2v) is 9.50. The first-order chi connectivity index (χ1) is 18.1. The molecule has 38 heavy (non-hydrogen) atoms. The molecule has 2 aliphatic heterocycles. The van der Waals surface area contributed by atoms with E-state index in [1.54, 1.807) is 68.0 Å². The molecule has 0 aliphatic carbocycles. The van der Waals surface area contributed by atoms with Gasteiger partial charge in [-0.25, -0.2) is 9.79 Å². The minimum atomic E-state index is -4.93. The minimum Gasteiger partial charge on any atom is -0.496 e. The van der Waals surface area contributed by atoms with E-state index < -0.39 is 35.6 Å². The van der Waals surface area contributed by atoms with Gasteiger partial charge in [-0.2, -0.15) is 13.2 Å². The van der Waals surface area contributed by atoms with E-state index in [0.717, 1.165) is 17.3 Å². The SMILES string of the molecule is COc1ccccc1C1C(C(=O)OC(C)C)=C(C(F)(F)F)N=C2SC=C(CC(=O)NCc3ccncc3)N21. The highest BCUT2D eigenvalue weighted by atomic mass is 32.2. The molecule has 8 nitrogen and oxygen atoms in total. The molecule has 1 amide bonds. The van der Waals surface area contributed by atoms with Gasteiger partial charge in [0.25, 0.3) is 0 Å². The smallest absolute Gasteiger partial charge is 0.434 e. The van der Waals surface area contributed by atoms with Crippen LogP contribution in [0.5, 0.6) is 5.75 Å². The average Bonchev–Trinajstić information content (AvgIpc) is 3.28.